The predicted octanol–water partition coefficient (Wildman–Crippen LogP) is 2.46. The fourth-order valence-corrected chi connectivity index (χ4v) is 2.84. The van der Waals surface area contributed by atoms with E-state index in [9.17, 15) is 9.59 Å². The Balaban J connectivity index is 1.88. The molecule has 0 aliphatic carbocycles. The van der Waals surface area contributed by atoms with Gasteiger partial charge in [0.15, 0.2) is 5.78 Å². The second-order valence-corrected chi connectivity index (χ2v) is 6.80. The van der Waals surface area contributed by atoms with Gasteiger partial charge in [-0.1, -0.05) is 19.1 Å². The average Bonchev–Trinajstić information content (AvgIpc) is 2.90. The molecule has 1 amide bonds. The van der Waals surface area contributed by atoms with Crippen LogP contribution in [0, 0.1) is 19.3 Å². The van der Waals surface area contributed by atoms with Crippen molar-refractivity contribution in [1.29, 1.82) is 0 Å². The van der Waals surface area contributed by atoms with E-state index in [1.807, 2.05) is 36.9 Å². The van der Waals surface area contributed by atoms with E-state index in [1.165, 1.54) is 5.56 Å². The van der Waals surface area contributed by atoms with Crippen molar-refractivity contribution >= 4 is 11.7 Å². The number of amides is 1. The van der Waals surface area contributed by atoms with E-state index in [0.717, 1.165) is 18.5 Å². The van der Waals surface area contributed by atoms with Crippen molar-refractivity contribution in [1.82, 2.24) is 4.90 Å². The lowest BCUT2D eigenvalue weighted by Crippen LogP contribution is -2.34. The highest BCUT2D eigenvalue weighted by atomic mass is 16.2. The monoisotopic (exact) mass is 302 g/mol. The highest BCUT2D eigenvalue weighted by Crippen LogP contribution is 2.29. The summed E-state index contributed by atoms with van der Waals surface area (Å²) >= 11 is 0. The molecule has 1 unspecified atom stereocenters. The van der Waals surface area contributed by atoms with Gasteiger partial charge in [0.25, 0.3) is 0 Å². The quantitative estimate of drug-likeness (QED) is 0.850. The normalized spacial score (nSPS) is 21.2. The zero-order chi connectivity index (χ0) is 16.3. The van der Waals surface area contributed by atoms with Gasteiger partial charge in [-0.15, -0.1) is 0 Å². The number of rotatable bonds is 5. The third-order valence-corrected chi connectivity index (χ3v) is 4.80. The molecule has 0 saturated carbocycles. The molecule has 1 aliphatic heterocycles. The van der Waals surface area contributed by atoms with Gasteiger partial charge in [0, 0.05) is 31.5 Å². The van der Waals surface area contributed by atoms with E-state index >= 15 is 0 Å². The van der Waals surface area contributed by atoms with Crippen LogP contribution in [0.4, 0.5) is 0 Å². The molecule has 22 heavy (non-hydrogen) atoms. The Morgan fingerprint density at radius 1 is 1.23 bits per heavy atom. The molecule has 2 N–H and O–H groups in total. The van der Waals surface area contributed by atoms with Gasteiger partial charge in [-0.05, 0) is 49.4 Å². The van der Waals surface area contributed by atoms with Crippen LogP contribution in [0.5, 0.6) is 0 Å². The average molecular weight is 302 g/mol. The molecule has 1 fully saturated rings. The summed E-state index contributed by atoms with van der Waals surface area (Å²) in [5, 5.41) is 0. The van der Waals surface area contributed by atoms with Crippen LogP contribution in [0.2, 0.25) is 0 Å². The number of carbonyl (C=O) groups is 2. The maximum Gasteiger partial charge on any atom is 0.223 e. The highest BCUT2D eigenvalue weighted by molar-refractivity contribution is 5.98. The Morgan fingerprint density at radius 3 is 2.55 bits per heavy atom. The lowest BCUT2D eigenvalue weighted by atomic mass is 9.90. The largest absolute Gasteiger partial charge is 0.342 e. The van der Waals surface area contributed by atoms with Crippen molar-refractivity contribution in [2.45, 2.75) is 40.0 Å². The minimum Gasteiger partial charge on any atom is -0.342 e. The number of nitrogens with two attached hydrogens (primary N) is 1. The van der Waals surface area contributed by atoms with Gasteiger partial charge in [-0.2, -0.15) is 0 Å². The minimum atomic E-state index is 0.0355. The number of likely N-dealkylation sites (tertiary alicyclic amines) is 1. The summed E-state index contributed by atoms with van der Waals surface area (Å²) in [5.41, 5.74) is 8.78. The molecule has 1 saturated heterocycles. The summed E-state index contributed by atoms with van der Waals surface area (Å²) in [4.78, 5) is 26.3. The zero-order valence-corrected chi connectivity index (χ0v) is 13.8. The van der Waals surface area contributed by atoms with Crippen molar-refractivity contribution in [2.75, 3.05) is 19.6 Å². The number of Topliss-reactive ketones (excluding diaryl/α,β-unsaturated/α-hetero) is 1. The predicted molar refractivity (Wildman–Crippen MR) is 87.8 cm³/mol. The molecule has 1 aromatic rings. The molecule has 0 spiro atoms. The van der Waals surface area contributed by atoms with Gasteiger partial charge in [0.2, 0.25) is 5.91 Å². The number of ketones is 1. The summed E-state index contributed by atoms with van der Waals surface area (Å²) < 4.78 is 0. The van der Waals surface area contributed by atoms with Crippen LogP contribution in [0.15, 0.2) is 18.2 Å². The summed E-state index contributed by atoms with van der Waals surface area (Å²) in [7, 11) is 0. The molecule has 4 heteroatoms. The van der Waals surface area contributed by atoms with Crippen molar-refractivity contribution in [3.05, 3.63) is 34.9 Å². The van der Waals surface area contributed by atoms with E-state index in [-0.39, 0.29) is 29.9 Å². The topological polar surface area (TPSA) is 63.4 Å². The van der Waals surface area contributed by atoms with Gasteiger partial charge in [-0.3, -0.25) is 9.59 Å². The zero-order valence-electron chi connectivity index (χ0n) is 13.8. The number of aryl methyl sites for hydroxylation is 2. The van der Waals surface area contributed by atoms with Crippen LogP contribution >= 0.6 is 0 Å². The molecular weight excluding hydrogens is 276 g/mol. The Kier molecular flexibility index (Phi) is 5.01. The van der Waals surface area contributed by atoms with Gasteiger partial charge >= 0.3 is 0 Å². The van der Waals surface area contributed by atoms with Gasteiger partial charge in [-0.25, -0.2) is 0 Å². The summed E-state index contributed by atoms with van der Waals surface area (Å²) in [5.74, 6) is 0.103. The van der Waals surface area contributed by atoms with E-state index in [4.69, 9.17) is 5.73 Å². The molecule has 1 heterocycles. The molecule has 0 aromatic heterocycles. The van der Waals surface area contributed by atoms with E-state index in [1.54, 1.807) is 0 Å². The van der Waals surface area contributed by atoms with Crippen LogP contribution in [-0.2, 0) is 4.79 Å². The third kappa shape index (κ3) is 3.74. The number of hydrogen-bond acceptors (Lipinski definition) is 3. The molecule has 4 nitrogen and oxygen atoms in total. The highest BCUT2D eigenvalue weighted by Gasteiger charge is 2.34. The van der Waals surface area contributed by atoms with Crippen LogP contribution < -0.4 is 5.73 Å². The summed E-state index contributed by atoms with van der Waals surface area (Å²) in [6.45, 7) is 8.19. The second kappa shape index (κ2) is 6.61. The van der Waals surface area contributed by atoms with Crippen molar-refractivity contribution in [3.8, 4) is 0 Å². The standard InChI is InChI=1S/C18H26N2O2/c1-13-4-5-15(10-14(13)2)16(21)6-7-17(22)20-9-8-18(3,11-19)12-20/h4-5,10H,6-9,11-12,19H2,1-3H3. The Hall–Kier alpha value is -1.68. The first-order valence-corrected chi connectivity index (χ1v) is 7.93. The fraction of sp³-hybridized carbons (Fsp3) is 0.556. The SMILES string of the molecule is Cc1ccc(C(=O)CCC(=O)N2CCC(C)(CN)C2)cc1C. The van der Waals surface area contributed by atoms with Crippen LogP contribution in [0.25, 0.3) is 0 Å². The Morgan fingerprint density at radius 2 is 1.95 bits per heavy atom. The second-order valence-electron chi connectivity index (χ2n) is 6.80. The van der Waals surface area contributed by atoms with Crippen molar-refractivity contribution in [3.63, 3.8) is 0 Å². The van der Waals surface area contributed by atoms with Gasteiger partial charge in [0.05, 0.1) is 0 Å². The molecule has 0 radical (unpaired) electrons. The molecule has 1 atom stereocenters. The lowest BCUT2D eigenvalue weighted by Gasteiger charge is -2.22. The van der Waals surface area contributed by atoms with Crippen molar-refractivity contribution < 1.29 is 9.59 Å². The Labute approximate surface area is 132 Å². The minimum absolute atomic E-state index is 0.0355. The summed E-state index contributed by atoms with van der Waals surface area (Å²) in [6, 6.07) is 5.71. The van der Waals surface area contributed by atoms with E-state index < -0.39 is 0 Å². The molecule has 1 aromatic carbocycles. The molecule has 0 bridgehead atoms. The first kappa shape index (κ1) is 16.7. The lowest BCUT2D eigenvalue weighted by molar-refractivity contribution is -0.130. The first-order valence-electron chi connectivity index (χ1n) is 7.93. The van der Waals surface area contributed by atoms with Gasteiger partial charge < -0.3 is 10.6 Å². The number of nitrogens with zero attached hydrogens (tertiary/aromatic N) is 1. The van der Waals surface area contributed by atoms with Crippen molar-refractivity contribution in [2.24, 2.45) is 11.1 Å². The fourth-order valence-electron chi connectivity index (χ4n) is 2.84. The molecular formula is C18H26N2O2. The van der Waals surface area contributed by atoms with Crippen LogP contribution in [0.1, 0.15) is 47.7 Å². The maximum atomic E-state index is 12.2. The number of benzene rings is 1. The molecule has 2 rings (SSSR count). The first-order chi connectivity index (χ1) is 10.3. The Bertz CT molecular complexity index is 582. The number of carbonyl (C=O) groups excluding carboxylic acids is 2. The third-order valence-electron chi connectivity index (χ3n) is 4.80. The number of hydrogen-bond donors (Lipinski definition) is 1. The smallest absolute Gasteiger partial charge is 0.223 e. The van der Waals surface area contributed by atoms with E-state index in [2.05, 4.69) is 6.92 Å². The maximum absolute atomic E-state index is 12.2. The van der Waals surface area contributed by atoms with E-state index in [0.29, 0.717) is 18.7 Å². The van der Waals surface area contributed by atoms with Crippen LogP contribution in [0.3, 0.4) is 0 Å². The van der Waals surface area contributed by atoms with Gasteiger partial charge in [0.1, 0.15) is 0 Å². The summed E-state index contributed by atoms with van der Waals surface area (Å²) in [6.07, 6.45) is 1.50. The molecule has 1 aliphatic rings. The van der Waals surface area contributed by atoms with Crippen LogP contribution in [-0.4, -0.2) is 36.2 Å². The molecule has 120 valence electrons.